The molecule has 1 aromatic carbocycles. The maximum Gasteiger partial charge on any atom is 0.408 e. The van der Waals surface area contributed by atoms with Gasteiger partial charge in [-0.15, -0.1) is 0 Å². The molecular formula is C18H28N2O3. The normalized spacial score (nSPS) is 13.3. The van der Waals surface area contributed by atoms with E-state index in [9.17, 15) is 9.59 Å². The van der Waals surface area contributed by atoms with Gasteiger partial charge in [-0.3, -0.25) is 4.79 Å². The van der Waals surface area contributed by atoms with Crippen molar-refractivity contribution < 1.29 is 14.3 Å². The molecule has 128 valence electrons. The van der Waals surface area contributed by atoms with Gasteiger partial charge in [0.25, 0.3) is 0 Å². The highest BCUT2D eigenvalue weighted by Gasteiger charge is 2.26. The lowest BCUT2D eigenvalue weighted by atomic mass is 9.98. The second-order valence-corrected chi connectivity index (χ2v) is 6.21. The Hall–Kier alpha value is -2.04. The summed E-state index contributed by atoms with van der Waals surface area (Å²) in [7, 11) is 0. The molecule has 0 saturated heterocycles. The second-order valence-electron chi connectivity index (χ2n) is 6.21. The van der Waals surface area contributed by atoms with E-state index in [-0.39, 0.29) is 18.4 Å². The van der Waals surface area contributed by atoms with E-state index < -0.39 is 12.1 Å². The molecule has 0 aliphatic rings. The van der Waals surface area contributed by atoms with Crippen molar-refractivity contribution in [2.75, 3.05) is 6.54 Å². The van der Waals surface area contributed by atoms with Gasteiger partial charge in [0.1, 0.15) is 12.6 Å². The number of ether oxygens (including phenoxy) is 1. The molecule has 2 amide bonds. The Bertz CT molecular complexity index is 488. The molecule has 2 N–H and O–H groups in total. The summed E-state index contributed by atoms with van der Waals surface area (Å²) in [6, 6.07) is 8.86. The van der Waals surface area contributed by atoms with Gasteiger partial charge in [-0.05, 0) is 17.4 Å². The highest BCUT2D eigenvalue weighted by Crippen LogP contribution is 2.09. The van der Waals surface area contributed by atoms with E-state index in [0.29, 0.717) is 12.5 Å². The molecule has 0 radical (unpaired) electrons. The lowest BCUT2D eigenvalue weighted by Gasteiger charge is -2.23. The van der Waals surface area contributed by atoms with Crippen molar-refractivity contribution in [3.8, 4) is 0 Å². The van der Waals surface area contributed by atoms with Gasteiger partial charge in [-0.1, -0.05) is 64.4 Å². The van der Waals surface area contributed by atoms with Crippen LogP contribution in [0, 0.1) is 11.8 Å². The molecule has 0 unspecified atom stereocenters. The fourth-order valence-corrected chi connectivity index (χ4v) is 2.01. The molecule has 0 aliphatic carbocycles. The van der Waals surface area contributed by atoms with Gasteiger partial charge in [0.2, 0.25) is 5.91 Å². The number of nitrogens with one attached hydrogen (secondary N) is 2. The molecule has 2 atom stereocenters. The van der Waals surface area contributed by atoms with E-state index >= 15 is 0 Å². The molecule has 23 heavy (non-hydrogen) atoms. The molecule has 5 heteroatoms. The van der Waals surface area contributed by atoms with Crippen molar-refractivity contribution in [2.24, 2.45) is 11.8 Å². The lowest BCUT2D eigenvalue weighted by Crippen LogP contribution is -2.50. The molecule has 0 aliphatic heterocycles. The largest absolute Gasteiger partial charge is 0.445 e. The molecule has 0 heterocycles. The minimum absolute atomic E-state index is 0.0337. The average molecular weight is 320 g/mol. The zero-order chi connectivity index (χ0) is 17.2. The van der Waals surface area contributed by atoms with Crippen LogP contribution in [0.5, 0.6) is 0 Å². The first-order valence-electron chi connectivity index (χ1n) is 8.19. The number of hydrogen-bond acceptors (Lipinski definition) is 3. The van der Waals surface area contributed by atoms with Gasteiger partial charge < -0.3 is 15.4 Å². The quantitative estimate of drug-likeness (QED) is 0.773. The van der Waals surface area contributed by atoms with Crippen molar-refractivity contribution in [1.82, 2.24) is 10.6 Å². The van der Waals surface area contributed by atoms with Crippen molar-refractivity contribution in [3.05, 3.63) is 35.9 Å². The third-order valence-corrected chi connectivity index (χ3v) is 3.67. The van der Waals surface area contributed by atoms with Crippen LogP contribution in [0.25, 0.3) is 0 Å². The molecule has 0 fully saturated rings. The maximum absolute atomic E-state index is 12.3. The SMILES string of the molecule is CC[C@H](C)[C@H](NC(=O)OCc1ccccc1)C(=O)NCC(C)C. The van der Waals surface area contributed by atoms with Gasteiger partial charge in [0.15, 0.2) is 0 Å². The number of rotatable bonds is 8. The molecule has 0 aromatic heterocycles. The highest BCUT2D eigenvalue weighted by atomic mass is 16.5. The Morgan fingerprint density at radius 3 is 2.35 bits per heavy atom. The number of hydrogen-bond donors (Lipinski definition) is 2. The van der Waals surface area contributed by atoms with E-state index in [4.69, 9.17) is 4.74 Å². The van der Waals surface area contributed by atoms with Crippen molar-refractivity contribution >= 4 is 12.0 Å². The Morgan fingerprint density at radius 2 is 1.78 bits per heavy atom. The monoisotopic (exact) mass is 320 g/mol. The first-order chi connectivity index (χ1) is 10.9. The Labute approximate surface area is 138 Å². The van der Waals surface area contributed by atoms with Crippen molar-refractivity contribution in [1.29, 1.82) is 0 Å². The summed E-state index contributed by atoms with van der Waals surface area (Å²) in [5.74, 6) is 0.234. The number of amides is 2. The fourth-order valence-electron chi connectivity index (χ4n) is 2.01. The zero-order valence-corrected chi connectivity index (χ0v) is 14.5. The van der Waals surface area contributed by atoms with Crippen LogP contribution in [0.15, 0.2) is 30.3 Å². The van der Waals surface area contributed by atoms with Crippen LogP contribution in [-0.2, 0) is 16.1 Å². The van der Waals surface area contributed by atoms with Gasteiger partial charge in [-0.2, -0.15) is 0 Å². The number of carbonyl (C=O) groups is 2. The summed E-state index contributed by atoms with van der Waals surface area (Å²) in [5, 5.41) is 5.56. The van der Waals surface area contributed by atoms with Crippen LogP contribution < -0.4 is 10.6 Å². The van der Waals surface area contributed by atoms with Gasteiger partial charge in [0.05, 0.1) is 0 Å². The van der Waals surface area contributed by atoms with E-state index in [0.717, 1.165) is 12.0 Å². The van der Waals surface area contributed by atoms with Crippen molar-refractivity contribution in [2.45, 2.75) is 46.8 Å². The smallest absolute Gasteiger partial charge is 0.408 e. The van der Waals surface area contributed by atoms with Gasteiger partial charge >= 0.3 is 6.09 Å². The first-order valence-corrected chi connectivity index (χ1v) is 8.19. The average Bonchev–Trinajstić information content (AvgIpc) is 2.55. The molecule has 0 bridgehead atoms. The molecule has 0 spiro atoms. The molecule has 5 nitrogen and oxygen atoms in total. The number of benzene rings is 1. The minimum atomic E-state index is -0.581. The summed E-state index contributed by atoms with van der Waals surface area (Å²) < 4.78 is 5.20. The summed E-state index contributed by atoms with van der Waals surface area (Å²) in [6.45, 7) is 8.77. The standard InChI is InChI=1S/C18H28N2O3/c1-5-14(4)16(17(21)19-11-13(2)3)20-18(22)23-12-15-9-7-6-8-10-15/h6-10,13-14,16H,5,11-12H2,1-4H3,(H,19,21)(H,20,22)/t14-,16-/m0/s1. The Morgan fingerprint density at radius 1 is 1.13 bits per heavy atom. The molecule has 1 aromatic rings. The predicted molar refractivity (Wildman–Crippen MR) is 90.9 cm³/mol. The molecular weight excluding hydrogens is 292 g/mol. The second kappa shape index (κ2) is 9.87. The van der Waals surface area contributed by atoms with E-state index in [1.165, 1.54) is 0 Å². The van der Waals surface area contributed by atoms with Crippen LogP contribution in [0.4, 0.5) is 4.79 Å². The van der Waals surface area contributed by atoms with Crippen molar-refractivity contribution in [3.63, 3.8) is 0 Å². The summed E-state index contributed by atoms with van der Waals surface area (Å²) in [6.07, 6.45) is 0.220. The van der Waals surface area contributed by atoms with Gasteiger partial charge in [0, 0.05) is 6.54 Å². The summed E-state index contributed by atoms with van der Waals surface area (Å²) >= 11 is 0. The molecule has 0 saturated carbocycles. The van der Waals surface area contributed by atoms with E-state index in [2.05, 4.69) is 10.6 Å². The van der Waals surface area contributed by atoms with Gasteiger partial charge in [-0.25, -0.2) is 4.79 Å². The topological polar surface area (TPSA) is 67.4 Å². The third kappa shape index (κ3) is 7.17. The van der Waals surface area contributed by atoms with E-state index in [1.54, 1.807) is 0 Å². The number of alkyl carbamates (subject to hydrolysis) is 1. The summed E-state index contributed by atoms with van der Waals surface area (Å²) in [5.41, 5.74) is 0.909. The third-order valence-electron chi connectivity index (χ3n) is 3.67. The van der Waals surface area contributed by atoms with Crippen LogP contribution in [0.2, 0.25) is 0 Å². The lowest BCUT2D eigenvalue weighted by molar-refractivity contribution is -0.124. The zero-order valence-electron chi connectivity index (χ0n) is 14.5. The minimum Gasteiger partial charge on any atom is -0.445 e. The highest BCUT2D eigenvalue weighted by molar-refractivity contribution is 5.85. The fraction of sp³-hybridized carbons (Fsp3) is 0.556. The van der Waals surface area contributed by atoms with Crippen LogP contribution in [-0.4, -0.2) is 24.6 Å². The molecule has 1 rings (SSSR count). The predicted octanol–water partition coefficient (Wildman–Crippen LogP) is 3.10. The summed E-state index contributed by atoms with van der Waals surface area (Å²) in [4.78, 5) is 24.3. The Kier molecular flexibility index (Phi) is 8.16. The maximum atomic E-state index is 12.3. The van der Waals surface area contributed by atoms with E-state index in [1.807, 2.05) is 58.0 Å². The van der Waals surface area contributed by atoms with Crippen LogP contribution >= 0.6 is 0 Å². The first kappa shape index (κ1) is 19.0. The Balaban J connectivity index is 2.55. The van der Waals surface area contributed by atoms with Crippen LogP contribution in [0.1, 0.15) is 39.7 Å². The van der Waals surface area contributed by atoms with Crippen LogP contribution in [0.3, 0.4) is 0 Å². The number of carbonyl (C=O) groups excluding carboxylic acids is 2.